The van der Waals surface area contributed by atoms with E-state index in [4.69, 9.17) is 11.6 Å². The van der Waals surface area contributed by atoms with E-state index in [1.807, 2.05) is 0 Å². The van der Waals surface area contributed by atoms with Crippen molar-refractivity contribution in [3.8, 4) is 0 Å². The minimum absolute atomic E-state index is 0.0481. The van der Waals surface area contributed by atoms with E-state index in [9.17, 15) is 17.6 Å². The maximum Gasteiger partial charge on any atom is 0.365 e. The van der Waals surface area contributed by atoms with Crippen molar-refractivity contribution in [1.29, 1.82) is 0 Å². The highest BCUT2D eigenvalue weighted by molar-refractivity contribution is 6.16. The topological polar surface area (TPSA) is 30.7 Å². The van der Waals surface area contributed by atoms with E-state index in [-0.39, 0.29) is 11.7 Å². The van der Waals surface area contributed by atoms with Crippen molar-refractivity contribution in [2.45, 2.75) is 38.1 Å². The van der Waals surface area contributed by atoms with Gasteiger partial charge in [-0.3, -0.25) is 0 Å². The Morgan fingerprint density at radius 2 is 1.88 bits per heavy atom. The number of aromatic nitrogens is 3. The van der Waals surface area contributed by atoms with Crippen LogP contribution in [0.15, 0.2) is 0 Å². The first-order valence-electron chi connectivity index (χ1n) is 4.48. The third-order valence-electron chi connectivity index (χ3n) is 1.97. The summed E-state index contributed by atoms with van der Waals surface area (Å²) in [5.74, 6) is -5.48. The second-order valence-electron chi connectivity index (χ2n) is 3.46. The Bertz CT molecular complexity index is 364. The molecule has 0 aliphatic carbocycles. The van der Waals surface area contributed by atoms with E-state index in [0.717, 1.165) is 4.57 Å². The molecule has 0 bridgehead atoms. The lowest BCUT2D eigenvalue weighted by Gasteiger charge is -2.18. The largest absolute Gasteiger partial charge is 0.365 e. The van der Waals surface area contributed by atoms with Crippen LogP contribution >= 0.6 is 11.6 Å². The van der Waals surface area contributed by atoms with Crippen molar-refractivity contribution in [2.75, 3.05) is 0 Å². The van der Waals surface area contributed by atoms with Gasteiger partial charge in [-0.2, -0.15) is 8.78 Å². The number of alkyl halides is 5. The summed E-state index contributed by atoms with van der Waals surface area (Å²) in [5.41, 5.74) is 0. The molecule has 92 valence electrons. The quantitative estimate of drug-likeness (QED) is 0.615. The molecule has 0 saturated heterocycles. The maximum atomic E-state index is 13.1. The average Bonchev–Trinajstić information content (AvgIpc) is 2.60. The van der Waals surface area contributed by atoms with Gasteiger partial charge in [0, 0.05) is 6.04 Å². The molecule has 0 aliphatic heterocycles. The molecule has 3 nitrogen and oxygen atoms in total. The van der Waals surface area contributed by atoms with Crippen molar-refractivity contribution < 1.29 is 17.6 Å². The van der Waals surface area contributed by atoms with Crippen molar-refractivity contribution in [2.24, 2.45) is 0 Å². The van der Waals surface area contributed by atoms with Gasteiger partial charge in [-0.05, 0) is 13.8 Å². The summed E-state index contributed by atoms with van der Waals surface area (Å²) in [5, 5.41) is 6.47. The van der Waals surface area contributed by atoms with Gasteiger partial charge < -0.3 is 4.57 Å². The minimum atomic E-state index is -4.32. The normalized spacial score (nSPS) is 12.8. The first-order valence-corrected chi connectivity index (χ1v) is 5.02. The molecule has 1 rings (SSSR count). The Kier molecular flexibility index (Phi) is 3.77. The van der Waals surface area contributed by atoms with E-state index in [2.05, 4.69) is 10.2 Å². The van der Waals surface area contributed by atoms with Crippen molar-refractivity contribution in [3.05, 3.63) is 11.6 Å². The molecule has 0 atom stereocenters. The Labute approximate surface area is 94.4 Å². The molecule has 0 spiro atoms. The third kappa shape index (κ3) is 2.14. The molecule has 1 aromatic heterocycles. The summed E-state index contributed by atoms with van der Waals surface area (Å²) in [6.07, 6.45) is -3.82. The number of hydrogen-bond acceptors (Lipinski definition) is 2. The van der Waals surface area contributed by atoms with Gasteiger partial charge in [0.1, 0.15) is 5.82 Å². The van der Waals surface area contributed by atoms with E-state index < -0.39 is 24.2 Å². The lowest BCUT2D eigenvalue weighted by Crippen LogP contribution is -2.29. The smallest absolute Gasteiger partial charge is 0.306 e. The van der Waals surface area contributed by atoms with Gasteiger partial charge in [0.25, 0.3) is 0 Å². The van der Waals surface area contributed by atoms with Crippen LogP contribution in [0.4, 0.5) is 17.6 Å². The molecule has 0 unspecified atom stereocenters. The summed E-state index contributed by atoms with van der Waals surface area (Å²) in [7, 11) is 0. The Morgan fingerprint density at radius 3 is 2.25 bits per heavy atom. The zero-order valence-corrected chi connectivity index (χ0v) is 9.35. The van der Waals surface area contributed by atoms with Crippen LogP contribution in [0.25, 0.3) is 0 Å². The monoisotopic (exact) mass is 259 g/mol. The first-order chi connectivity index (χ1) is 7.32. The third-order valence-corrected chi connectivity index (χ3v) is 2.21. The highest BCUT2D eigenvalue weighted by atomic mass is 35.5. The minimum Gasteiger partial charge on any atom is -0.306 e. The molecule has 0 amide bonds. The number of hydrogen-bond donors (Lipinski definition) is 0. The molecule has 0 N–H and O–H groups in total. The SMILES string of the molecule is CC(C)n1c(CCl)nnc1C(F)(F)C(F)F. The van der Waals surface area contributed by atoms with Crippen molar-refractivity contribution in [1.82, 2.24) is 14.8 Å². The van der Waals surface area contributed by atoms with Crippen LogP contribution in [0, 0.1) is 0 Å². The van der Waals surface area contributed by atoms with Gasteiger partial charge >= 0.3 is 12.3 Å². The summed E-state index contributed by atoms with van der Waals surface area (Å²) >= 11 is 5.46. The zero-order valence-electron chi connectivity index (χ0n) is 8.59. The van der Waals surface area contributed by atoms with Gasteiger partial charge in [0.2, 0.25) is 5.82 Å². The molecule has 8 heteroatoms. The van der Waals surface area contributed by atoms with E-state index in [0.29, 0.717) is 0 Å². The first kappa shape index (κ1) is 13.2. The van der Waals surface area contributed by atoms with Crippen LogP contribution < -0.4 is 0 Å². The van der Waals surface area contributed by atoms with Crippen molar-refractivity contribution in [3.63, 3.8) is 0 Å². The number of halogens is 5. The van der Waals surface area contributed by atoms with E-state index >= 15 is 0 Å². The predicted octanol–water partition coefficient (Wildman–Crippen LogP) is 2.95. The van der Waals surface area contributed by atoms with Crippen LogP contribution in [-0.2, 0) is 11.8 Å². The van der Waals surface area contributed by atoms with E-state index in [1.165, 1.54) is 0 Å². The second-order valence-corrected chi connectivity index (χ2v) is 3.73. The lowest BCUT2D eigenvalue weighted by atomic mass is 10.3. The van der Waals surface area contributed by atoms with Crippen LogP contribution in [0.2, 0.25) is 0 Å². The van der Waals surface area contributed by atoms with Crippen molar-refractivity contribution >= 4 is 11.6 Å². The summed E-state index contributed by atoms with van der Waals surface area (Å²) in [4.78, 5) is 0. The molecular formula is C8H10ClF4N3. The molecule has 0 radical (unpaired) electrons. The molecule has 16 heavy (non-hydrogen) atoms. The van der Waals surface area contributed by atoms with Gasteiger partial charge in [-0.1, -0.05) is 0 Å². The van der Waals surface area contributed by atoms with Crippen LogP contribution in [0.3, 0.4) is 0 Å². The van der Waals surface area contributed by atoms with Gasteiger partial charge in [0.05, 0.1) is 5.88 Å². The van der Waals surface area contributed by atoms with Gasteiger partial charge in [-0.15, -0.1) is 21.8 Å². The Balaban J connectivity index is 3.29. The Hall–Kier alpha value is -0.850. The predicted molar refractivity (Wildman–Crippen MR) is 49.9 cm³/mol. The van der Waals surface area contributed by atoms with Gasteiger partial charge in [0.15, 0.2) is 0 Å². The van der Waals surface area contributed by atoms with Crippen LogP contribution in [0.1, 0.15) is 31.5 Å². The fourth-order valence-corrected chi connectivity index (χ4v) is 1.46. The highest BCUT2D eigenvalue weighted by Crippen LogP contribution is 2.35. The molecule has 1 aromatic rings. The second kappa shape index (κ2) is 4.57. The van der Waals surface area contributed by atoms with Gasteiger partial charge in [-0.25, -0.2) is 8.78 Å². The maximum absolute atomic E-state index is 13.1. The Morgan fingerprint density at radius 1 is 1.31 bits per heavy atom. The molecule has 0 aliphatic rings. The fourth-order valence-electron chi connectivity index (χ4n) is 1.28. The summed E-state index contributed by atoms with van der Waals surface area (Å²) < 4.78 is 51.6. The molecule has 0 aromatic carbocycles. The fraction of sp³-hybridized carbons (Fsp3) is 0.750. The zero-order chi connectivity index (χ0) is 12.5. The molecule has 0 saturated carbocycles. The van der Waals surface area contributed by atoms with E-state index in [1.54, 1.807) is 13.8 Å². The highest BCUT2D eigenvalue weighted by Gasteiger charge is 2.48. The lowest BCUT2D eigenvalue weighted by molar-refractivity contribution is -0.143. The molecular weight excluding hydrogens is 250 g/mol. The molecule has 0 fully saturated rings. The molecule has 1 heterocycles. The average molecular weight is 260 g/mol. The number of rotatable bonds is 4. The summed E-state index contributed by atoms with van der Waals surface area (Å²) in [6, 6.07) is -0.469. The summed E-state index contributed by atoms with van der Waals surface area (Å²) in [6.45, 7) is 3.12. The number of nitrogens with zero attached hydrogens (tertiary/aromatic N) is 3. The standard InChI is InChI=1S/C8H10ClF4N3/c1-4(2)16-5(3-9)14-15-7(16)8(12,13)6(10)11/h4,6H,3H2,1-2H3. The van der Waals surface area contributed by atoms with Crippen LogP contribution in [0.5, 0.6) is 0 Å². The van der Waals surface area contributed by atoms with Crippen LogP contribution in [-0.4, -0.2) is 21.2 Å².